The first-order valence-corrected chi connectivity index (χ1v) is 8.52. The predicted molar refractivity (Wildman–Crippen MR) is 96.1 cm³/mol. The van der Waals surface area contributed by atoms with Crippen molar-refractivity contribution in [2.75, 3.05) is 18.0 Å². The second kappa shape index (κ2) is 5.93. The lowest BCUT2D eigenvalue weighted by atomic mass is 9.91. The van der Waals surface area contributed by atoms with Gasteiger partial charge in [0.2, 0.25) is 5.65 Å². The molecule has 1 saturated heterocycles. The largest absolute Gasteiger partial charge is 0.355 e. The molecule has 0 bridgehead atoms. The highest BCUT2D eigenvalue weighted by Crippen LogP contribution is 2.32. The molecule has 3 aromatic rings. The first-order chi connectivity index (χ1) is 11.9. The van der Waals surface area contributed by atoms with E-state index in [9.17, 15) is 4.39 Å². The molecule has 0 saturated carbocycles. The minimum absolute atomic E-state index is 0.0391. The monoisotopic (exact) mass is 360 g/mol. The molecule has 25 heavy (non-hydrogen) atoms. The van der Waals surface area contributed by atoms with Crippen LogP contribution >= 0.6 is 11.6 Å². The van der Waals surface area contributed by atoms with Gasteiger partial charge in [-0.2, -0.15) is 5.10 Å². The van der Waals surface area contributed by atoms with Crippen LogP contribution in [0, 0.1) is 5.82 Å². The average molecular weight is 361 g/mol. The minimum Gasteiger partial charge on any atom is -0.355 e. The fourth-order valence-corrected chi connectivity index (χ4v) is 3.29. The number of hydrogen-bond donors (Lipinski definition) is 2. The van der Waals surface area contributed by atoms with Gasteiger partial charge in [0.05, 0.1) is 16.9 Å². The molecule has 1 aromatic carbocycles. The molecule has 0 radical (unpaired) electrons. The number of H-pyrrole nitrogens is 1. The molecule has 8 heteroatoms. The number of aromatic amines is 1. The van der Waals surface area contributed by atoms with Crippen LogP contribution in [-0.2, 0) is 0 Å². The van der Waals surface area contributed by atoms with Crippen molar-refractivity contribution in [1.82, 2.24) is 20.2 Å². The zero-order valence-electron chi connectivity index (χ0n) is 13.8. The summed E-state index contributed by atoms with van der Waals surface area (Å²) in [6.45, 7) is 3.74. The third-order valence-corrected chi connectivity index (χ3v) is 5.09. The number of rotatable bonds is 2. The number of benzene rings is 1. The SMILES string of the molecule is CC1(N)CCN(c2cnc3c(-c4cccc(F)c4Cl)[nH]nc3n2)CC1. The van der Waals surface area contributed by atoms with Gasteiger partial charge in [0.25, 0.3) is 0 Å². The second-order valence-corrected chi connectivity index (χ2v) is 7.12. The van der Waals surface area contributed by atoms with E-state index in [0.717, 1.165) is 31.7 Å². The van der Waals surface area contributed by atoms with Gasteiger partial charge in [-0.3, -0.25) is 5.10 Å². The third-order valence-electron chi connectivity index (χ3n) is 4.70. The Balaban J connectivity index is 1.69. The van der Waals surface area contributed by atoms with Crippen molar-refractivity contribution in [2.45, 2.75) is 25.3 Å². The van der Waals surface area contributed by atoms with Gasteiger partial charge in [0.1, 0.15) is 17.2 Å². The van der Waals surface area contributed by atoms with Crippen LogP contribution in [0.4, 0.5) is 10.2 Å². The average Bonchev–Trinajstić information content (AvgIpc) is 3.00. The molecule has 6 nitrogen and oxygen atoms in total. The van der Waals surface area contributed by atoms with Crippen LogP contribution in [0.15, 0.2) is 24.4 Å². The molecule has 1 fully saturated rings. The van der Waals surface area contributed by atoms with Crippen molar-refractivity contribution in [1.29, 1.82) is 0 Å². The van der Waals surface area contributed by atoms with Crippen molar-refractivity contribution in [3.8, 4) is 11.3 Å². The van der Waals surface area contributed by atoms with E-state index in [0.29, 0.717) is 22.4 Å². The summed E-state index contributed by atoms with van der Waals surface area (Å²) in [6, 6.07) is 4.64. The summed E-state index contributed by atoms with van der Waals surface area (Å²) in [5, 5.41) is 7.13. The Morgan fingerprint density at radius 2 is 2.08 bits per heavy atom. The predicted octanol–water partition coefficient (Wildman–Crippen LogP) is 3.13. The molecule has 2 aromatic heterocycles. The van der Waals surface area contributed by atoms with E-state index in [1.807, 2.05) is 0 Å². The number of nitrogens with one attached hydrogen (secondary N) is 1. The summed E-state index contributed by atoms with van der Waals surface area (Å²) in [5.41, 5.74) is 8.18. The number of hydrogen-bond acceptors (Lipinski definition) is 5. The maximum Gasteiger partial charge on any atom is 0.202 e. The van der Waals surface area contributed by atoms with Crippen LogP contribution < -0.4 is 10.6 Å². The van der Waals surface area contributed by atoms with Gasteiger partial charge in [-0.05, 0) is 25.8 Å². The highest BCUT2D eigenvalue weighted by molar-refractivity contribution is 6.33. The highest BCUT2D eigenvalue weighted by atomic mass is 35.5. The van der Waals surface area contributed by atoms with E-state index < -0.39 is 5.82 Å². The Morgan fingerprint density at radius 1 is 1.32 bits per heavy atom. The van der Waals surface area contributed by atoms with Gasteiger partial charge in [-0.25, -0.2) is 14.4 Å². The first kappa shape index (κ1) is 16.2. The number of piperidine rings is 1. The maximum absolute atomic E-state index is 13.7. The standard InChI is InChI=1S/C17H18ClFN6/c1-17(20)5-7-25(8-6-17)12-9-21-15-14(23-24-16(15)22-12)10-3-2-4-11(19)13(10)18/h2-4,9H,5-8,20H2,1H3,(H,22,23,24). The number of nitrogens with two attached hydrogens (primary N) is 1. The fourth-order valence-electron chi connectivity index (χ4n) is 3.07. The Hall–Kier alpha value is -2.25. The molecule has 0 amide bonds. The van der Waals surface area contributed by atoms with Crippen molar-refractivity contribution >= 4 is 28.6 Å². The summed E-state index contributed by atoms with van der Waals surface area (Å²) in [7, 11) is 0. The molecule has 0 spiro atoms. The molecule has 0 atom stereocenters. The number of halogens is 2. The molecule has 3 N–H and O–H groups in total. The van der Waals surface area contributed by atoms with Crippen LogP contribution in [0.2, 0.25) is 5.02 Å². The van der Waals surface area contributed by atoms with E-state index in [1.54, 1.807) is 18.3 Å². The summed E-state index contributed by atoms with van der Waals surface area (Å²) >= 11 is 6.07. The number of anilines is 1. The molecular formula is C17H18ClFN6. The lowest BCUT2D eigenvalue weighted by molar-refractivity contribution is 0.363. The highest BCUT2D eigenvalue weighted by Gasteiger charge is 2.27. The van der Waals surface area contributed by atoms with Crippen molar-refractivity contribution in [3.63, 3.8) is 0 Å². The summed E-state index contributed by atoms with van der Waals surface area (Å²) in [4.78, 5) is 11.2. The number of aromatic nitrogens is 4. The molecule has 4 rings (SSSR count). The quantitative estimate of drug-likeness (QED) is 0.733. The Morgan fingerprint density at radius 3 is 2.84 bits per heavy atom. The molecule has 0 unspecified atom stereocenters. The van der Waals surface area contributed by atoms with E-state index in [-0.39, 0.29) is 10.6 Å². The minimum atomic E-state index is -0.482. The van der Waals surface area contributed by atoms with Crippen LogP contribution in [-0.4, -0.2) is 38.8 Å². The van der Waals surface area contributed by atoms with Gasteiger partial charge < -0.3 is 10.6 Å². The van der Waals surface area contributed by atoms with E-state index in [2.05, 4.69) is 32.0 Å². The van der Waals surface area contributed by atoms with Crippen LogP contribution in [0.1, 0.15) is 19.8 Å². The van der Waals surface area contributed by atoms with E-state index in [4.69, 9.17) is 17.3 Å². The van der Waals surface area contributed by atoms with Crippen LogP contribution in [0.25, 0.3) is 22.4 Å². The number of fused-ring (bicyclic) bond motifs is 1. The first-order valence-electron chi connectivity index (χ1n) is 8.14. The molecule has 3 heterocycles. The molecule has 130 valence electrons. The molecular weight excluding hydrogens is 343 g/mol. The lowest BCUT2D eigenvalue weighted by Crippen LogP contribution is -2.48. The van der Waals surface area contributed by atoms with Crippen molar-refractivity contribution < 1.29 is 4.39 Å². The summed E-state index contributed by atoms with van der Waals surface area (Å²) in [5.74, 6) is 0.288. The van der Waals surface area contributed by atoms with Gasteiger partial charge in [-0.1, -0.05) is 23.7 Å². The van der Waals surface area contributed by atoms with Crippen LogP contribution in [0.3, 0.4) is 0 Å². The molecule has 0 aliphatic carbocycles. The molecule has 1 aliphatic rings. The van der Waals surface area contributed by atoms with Crippen molar-refractivity contribution in [3.05, 3.63) is 35.2 Å². The van der Waals surface area contributed by atoms with E-state index >= 15 is 0 Å². The topological polar surface area (TPSA) is 83.7 Å². The van der Waals surface area contributed by atoms with Gasteiger partial charge in [0, 0.05) is 24.2 Å². The maximum atomic E-state index is 13.7. The normalized spacial score (nSPS) is 17.2. The van der Waals surface area contributed by atoms with Gasteiger partial charge in [0.15, 0.2) is 0 Å². The third kappa shape index (κ3) is 2.94. The van der Waals surface area contributed by atoms with Gasteiger partial charge >= 0.3 is 0 Å². The van der Waals surface area contributed by atoms with Gasteiger partial charge in [-0.15, -0.1) is 0 Å². The molecule has 1 aliphatic heterocycles. The Bertz CT molecular complexity index is 928. The number of nitrogens with zero attached hydrogens (tertiary/aromatic N) is 4. The summed E-state index contributed by atoms with van der Waals surface area (Å²) in [6.07, 6.45) is 3.52. The zero-order chi connectivity index (χ0) is 17.6. The fraction of sp³-hybridized carbons (Fsp3) is 0.353. The second-order valence-electron chi connectivity index (χ2n) is 6.74. The van der Waals surface area contributed by atoms with Crippen molar-refractivity contribution in [2.24, 2.45) is 5.73 Å². The van der Waals surface area contributed by atoms with E-state index in [1.165, 1.54) is 6.07 Å². The Labute approximate surface area is 149 Å². The smallest absolute Gasteiger partial charge is 0.202 e. The lowest BCUT2D eigenvalue weighted by Gasteiger charge is -2.37. The summed E-state index contributed by atoms with van der Waals surface area (Å²) < 4.78 is 13.7. The Kier molecular flexibility index (Phi) is 3.85. The van der Waals surface area contributed by atoms with Crippen LogP contribution in [0.5, 0.6) is 0 Å². The zero-order valence-corrected chi connectivity index (χ0v) is 14.5.